The molecule has 0 spiro atoms. The summed E-state index contributed by atoms with van der Waals surface area (Å²) in [5, 5.41) is 6.28. The number of carbonyl (C=O) groups excluding carboxylic acids is 1. The van der Waals surface area contributed by atoms with Crippen molar-refractivity contribution in [1.29, 1.82) is 0 Å². The van der Waals surface area contributed by atoms with E-state index < -0.39 is 0 Å². The Morgan fingerprint density at radius 2 is 1.73 bits per heavy atom. The van der Waals surface area contributed by atoms with Gasteiger partial charge in [0.05, 0.1) is 10.2 Å². The van der Waals surface area contributed by atoms with Crippen molar-refractivity contribution in [3.63, 3.8) is 0 Å². The molecule has 0 aromatic heterocycles. The number of benzene rings is 3. The molecule has 0 saturated heterocycles. The summed E-state index contributed by atoms with van der Waals surface area (Å²) in [6, 6.07) is 21.5. The Bertz CT molecular complexity index is 993. The summed E-state index contributed by atoms with van der Waals surface area (Å²) in [4.78, 5) is 12.2. The molecule has 0 heterocycles. The quantitative estimate of drug-likeness (QED) is 0.362. The van der Waals surface area contributed by atoms with Gasteiger partial charge in [-0.15, -0.1) is 0 Å². The van der Waals surface area contributed by atoms with Crippen LogP contribution < -0.4 is 20.1 Å². The number of nitrogens with one attached hydrogen (secondary N) is 2. The molecule has 1 amide bonds. The Kier molecular flexibility index (Phi) is 7.96. The van der Waals surface area contributed by atoms with E-state index in [2.05, 4.69) is 52.3 Å². The highest BCUT2D eigenvalue weighted by Gasteiger charge is 2.14. The molecule has 0 aliphatic rings. The lowest BCUT2D eigenvalue weighted by Gasteiger charge is -2.16. The number of para-hydroxylation sites is 2. The molecule has 0 bridgehead atoms. The normalized spacial score (nSPS) is 10.4. The van der Waals surface area contributed by atoms with E-state index in [4.69, 9.17) is 9.47 Å². The van der Waals surface area contributed by atoms with Gasteiger partial charge < -0.3 is 20.1 Å². The zero-order valence-corrected chi connectivity index (χ0v) is 19.2. The van der Waals surface area contributed by atoms with Crippen LogP contribution in [-0.2, 0) is 11.3 Å². The average molecular weight is 516 g/mol. The third-order valence-corrected chi connectivity index (χ3v) is 5.20. The van der Waals surface area contributed by atoms with Gasteiger partial charge >= 0.3 is 0 Å². The van der Waals surface area contributed by atoms with Gasteiger partial charge in [-0.25, -0.2) is 0 Å². The molecule has 0 unspecified atom stereocenters. The lowest BCUT2D eigenvalue weighted by Crippen LogP contribution is -2.20. The van der Waals surface area contributed by atoms with E-state index in [1.807, 2.05) is 61.5 Å². The van der Waals surface area contributed by atoms with Crippen molar-refractivity contribution in [3.8, 4) is 11.5 Å². The first-order chi connectivity index (χ1) is 14.6. The van der Waals surface area contributed by atoms with Crippen molar-refractivity contribution < 1.29 is 14.3 Å². The van der Waals surface area contributed by atoms with Crippen LogP contribution in [0.3, 0.4) is 0 Å². The van der Waals surface area contributed by atoms with Crippen LogP contribution >= 0.6 is 22.6 Å². The molecular formula is C24H25IN2O3. The monoisotopic (exact) mass is 516 g/mol. The summed E-state index contributed by atoms with van der Waals surface area (Å²) in [5.41, 5.74) is 4.11. The summed E-state index contributed by atoms with van der Waals surface area (Å²) >= 11 is 2.22. The van der Waals surface area contributed by atoms with Crippen molar-refractivity contribution in [3.05, 3.63) is 81.4 Å². The molecule has 0 radical (unpaired) electrons. The predicted molar refractivity (Wildman–Crippen MR) is 129 cm³/mol. The fourth-order valence-electron chi connectivity index (χ4n) is 2.95. The number of carbonyl (C=O) groups is 1. The number of amides is 1. The second kappa shape index (κ2) is 10.9. The van der Waals surface area contributed by atoms with Crippen molar-refractivity contribution in [1.82, 2.24) is 0 Å². The van der Waals surface area contributed by atoms with E-state index in [1.165, 1.54) is 5.56 Å². The van der Waals surface area contributed by atoms with Gasteiger partial charge in [0.1, 0.15) is 0 Å². The number of hydrogen-bond acceptors (Lipinski definition) is 4. The first-order valence-electron chi connectivity index (χ1n) is 9.79. The number of aryl methyl sites for hydroxylation is 1. The van der Waals surface area contributed by atoms with Gasteiger partial charge in [0, 0.05) is 17.9 Å². The Balaban J connectivity index is 1.68. The van der Waals surface area contributed by atoms with Crippen molar-refractivity contribution in [2.75, 3.05) is 23.8 Å². The standard InChI is InChI=1S/C24H25IN2O3/c1-3-29-22-14-18(15-26-21-12-8-7-9-17(21)2)13-20(25)24(22)30-16-23(28)27-19-10-5-4-6-11-19/h4-14,26H,3,15-16H2,1-2H3,(H,27,28). The van der Waals surface area contributed by atoms with Crippen molar-refractivity contribution in [2.24, 2.45) is 0 Å². The smallest absolute Gasteiger partial charge is 0.262 e. The van der Waals surface area contributed by atoms with Gasteiger partial charge in [-0.3, -0.25) is 4.79 Å². The van der Waals surface area contributed by atoms with Crippen LogP contribution in [0.25, 0.3) is 0 Å². The van der Waals surface area contributed by atoms with Crippen LogP contribution in [0.4, 0.5) is 11.4 Å². The maximum atomic E-state index is 12.2. The second-order valence-corrected chi connectivity index (χ2v) is 7.87. The number of rotatable bonds is 9. The molecule has 5 nitrogen and oxygen atoms in total. The molecule has 0 atom stereocenters. The van der Waals surface area contributed by atoms with Crippen LogP contribution in [0, 0.1) is 10.5 Å². The van der Waals surface area contributed by atoms with Crippen molar-refractivity contribution in [2.45, 2.75) is 20.4 Å². The molecule has 0 aliphatic carbocycles. The Morgan fingerprint density at radius 1 is 1.00 bits per heavy atom. The summed E-state index contributed by atoms with van der Waals surface area (Å²) in [6.07, 6.45) is 0. The van der Waals surface area contributed by atoms with Crippen LogP contribution in [0.2, 0.25) is 0 Å². The molecule has 3 aromatic carbocycles. The Morgan fingerprint density at radius 3 is 2.47 bits per heavy atom. The van der Waals surface area contributed by atoms with Crippen LogP contribution in [0.5, 0.6) is 11.5 Å². The van der Waals surface area contributed by atoms with Gasteiger partial charge in [-0.05, 0) is 77.9 Å². The van der Waals surface area contributed by atoms with Gasteiger partial charge in [-0.2, -0.15) is 0 Å². The molecule has 6 heteroatoms. The molecule has 30 heavy (non-hydrogen) atoms. The molecule has 0 fully saturated rings. The van der Waals surface area contributed by atoms with E-state index in [9.17, 15) is 4.79 Å². The van der Waals surface area contributed by atoms with Gasteiger partial charge in [0.15, 0.2) is 18.1 Å². The largest absolute Gasteiger partial charge is 0.490 e. The van der Waals surface area contributed by atoms with Gasteiger partial charge in [0.2, 0.25) is 0 Å². The van der Waals surface area contributed by atoms with Crippen LogP contribution in [0.15, 0.2) is 66.7 Å². The molecule has 0 aliphatic heterocycles. The molecule has 2 N–H and O–H groups in total. The summed E-state index contributed by atoms with van der Waals surface area (Å²) in [6.45, 7) is 5.09. The summed E-state index contributed by atoms with van der Waals surface area (Å²) < 4.78 is 12.5. The highest BCUT2D eigenvalue weighted by molar-refractivity contribution is 14.1. The van der Waals surface area contributed by atoms with Crippen molar-refractivity contribution >= 4 is 39.9 Å². The lowest BCUT2D eigenvalue weighted by atomic mass is 10.1. The maximum absolute atomic E-state index is 12.2. The minimum atomic E-state index is -0.218. The SMILES string of the molecule is CCOc1cc(CNc2ccccc2C)cc(I)c1OCC(=O)Nc1ccccc1. The Labute approximate surface area is 190 Å². The topological polar surface area (TPSA) is 59.6 Å². The van der Waals surface area contributed by atoms with E-state index in [0.29, 0.717) is 24.7 Å². The lowest BCUT2D eigenvalue weighted by molar-refractivity contribution is -0.118. The zero-order chi connectivity index (χ0) is 21.3. The number of ether oxygens (including phenoxy) is 2. The molecular weight excluding hydrogens is 491 g/mol. The van der Waals surface area contributed by atoms with Crippen LogP contribution in [-0.4, -0.2) is 19.1 Å². The van der Waals surface area contributed by atoms with E-state index in [0.717, 1.165) is 20.5 Å². The summed E-state index contributed by atoms with van der Waals surface area (Å²) in [7, 11) is 0. The van der Waals surface area contributed by atoms with E-state index in [-0.39, 0.29) is 12.5 Å². The molecule has 0 saturated carbocycles. The number of halogens is 1. The van der Waals surface area contributed by atoms with Crippen LogP contribution in [0.1, 0.15) is 18.1 Å². The van der Waals surface area contributed by atoms with Gasteiger partial charge in [0.25, 0.3) is 5.91 Å². The van der Waals surface area contributed by atoms with E-state index in [1.54, 1.807) is 0 Å². The highest BCUT2D eigenvalue weighted by atomic mass is 127. The first-order valence-corrected chi connectivity index (χ1v) is 10.9. The Hall–Kier alpha value is -2.74. The predicted octanol–water partition coefficient (Wildman–Crippen LogP) is 5.63. The fourth-order valence-corrected chi connectivity index (χ4v) is 3.77. The average Bonchev–Trinajstić information content (AvgIpc) is 2.73. The highest BCUT2D eigenvalue weighted by Crippen LogP contribution is 2.34. The third-order valence-electron chi connectivity index (χ3n) is 4.40. The zero-order valence-electron chi connectivity index (χ0n) is 17.1. The molecule has 156 valence electrons. The number of anilines is 2. The van der Waals surface area contributed by atoms with Gasteiger partial charge in [-0.1, -0.05) is 36.4 Å². The third kappa shape index (κ3) is 6.13. The number of hydrogen-bond donors (Lipinski definition) is 2. The first kappa shape index (κ1) is 22.0. The second-order valence-electron chi connectivity index (χ2n) is 6.71. The minimum Gasteiger partial charge on any atom is -0.490 e. The minimum absolute atomic E-state index is 0.0915. The molecule has 3 rings (SSSR count). The summed E-state index contributed by atoms with van der Waals surface area (Å²) in [5.74, 6) is 1.00. The van der Waals surface area contributed by atoms with E-state index >= 15 is 0 Å². The molecule has 3 aromatic rings. The fraction of sp³-hybridized carbons (Fsp3) is 0.208. The maximum Gasteiger partial charge on any atom is 0.262 e.